The number of hydrogen-bond donors (Lipinski definition) is 0. The van der Waals surface area contributed by atoms with E-state index in [1.807, 2.05) is 78.9 Å². The first-order chi connectivity index (χ1) is 38.0. The van der Waals surface area contributed by atoms with Gasteiger partial charge in [-0.25, -0.2) is 0 Å². The second-order valence-corrected chi connectivity index (χ2v) is 22.5. The fourth-order valence-electron chi connectivity index (χ4n) is 7.89. The summed E-state index contributed by atoms with van der Waals surface area (Å²) >= 11 is 0. The molecule has 2 atom stereocenters. The van der Waals surface area contributed by atoms with Crippen molar-refractivity contribution in [3.8, 4) is 69.0 Å². The van der Waals surface area contributed by atoms with Gasteiger partial charge >= 0.3 is 24.6 Å². The monoisotopic (exact) mass is 1110 g/mol. The van der Waals surface area contributed by atoms with Gasteiger partial charge in [-0.3, -0.25) is 0 Å². The third-order valence-corrected chi connectivity index (χ3v) is 18.4. The Morgan fingerprint density at radius 1 is 0.372 bits per heavy atom. The molecule has 408 valence electrons. The fourth-order valence-corrected chi connectivity index (χ4v) is 15.4. The molecular formula is C60H66N3O12P3. The van der Waals surface area contributed by atoms with Gasteiger partial charge in [0, 0.05) is 9.21 Å². The summed E-state index contributed by atoms with van der Waals surface area (Å²) in [5.41, 5.74) is 5.49. The van der Waals surface area contributed by atoms with Crippen LogP contribution < -0.4 is 56.2 Å². The van der Waals surface area contributed by atoms with E-state index in [1.165, 1.54) is 9.21 Å². The van der Waals surface area contributed by atoms with Crippen molar-refractivity contribution in [3.05, 3.63) is 219 Å². The number of nitrogens with zero attached hydrogens (tertiary/aromatic N) is 3. The van der Waals surface area contributed by atoms with Crippen molar-refractivity contribution >= 4 is 24.6 Å². The lowest BCUT2D eigenvalue weighted by Gasteiger charge is -2.44. The highest BCUT2D eigenvalue weighted by Gasteiger charge is 2.59. The average molecular weight is 1110 g/mol. The average Bonchev–Trinajstić information content (AvgIpc) is 3.62. The van der Waals surface area contributed by atoms with Gasteiger partial charge in [-0.2, -0.15) is 0 Å². The Kier molecular flexibility index (Phi) is 20.9. The predicted molar refractivity (Wildman–Crippen MR) is 312 cm³/mol. The Bertz CT molecular complexity index is 3100. The van der Waals surface area contributed by atoms with E-state index in [0.29, 0.717) is 78.8 Å². The molecule has 15 nitrogen and oxygen atoms in total. The first kappa shape index (κ1) is 58.1. The zero-order valence-corrected chi connectivity index (χ0v) is 47.6. The molecule has 0 fully saturated rings. The molecule has 1 aliphatic heterocycles. The minimum absolute atomic E-state index is 0.223. The predicted octanol–water partition coefficient (Wildman–Crippen LogP) is 15.7. The van der Waals surface area contributed by atoms with E-state index in [0.717, 1.165) is 33.4 Å². The van der Waals surface area contributed by atoms with Crippen molar-refractivity contribution in [2.75, 3.05) is 42.7 Å². The number of benzene rings is 6. The quantitative estimate of drug-likeness (QED) is 0.0313. The SMILES string of the molecule is C=CCc1ccc(ON2P(Oc3ccc(CC=C)cc3OC)N=P(Oc3ccc(CC=C)cc3OC)(Oc3ccc(CC=C)cc3OC)N(Oc3ccc(CC=C)cc3OC)P2Oc2ccc(CC=C)cc2OC)c(OC)c1. The van der Waals surface area contributed by atoms with Crippen molar-refractivity contribution < 1.29 is 56.2 Å². The van der Waals surface area contributed by atoms with Crippen LogP contribution in [0.2, 0.25) is 0 Å². The van der Waals surface area contributed by atoms with E-state index in [9.17, 15) is 0 Å². The Hall–Kier alpha value is -7.63. The number of methoxy groups -OCH3 is 6. The van der Waals surface area contributed by atoms with Gasteiger partial charge in [0.2, 0.25) is 0 Å². The highest BCUT2D eigenvalue weighted by molar-refractivity contribution is 7.78. The number of rotatable bonds is 30. The molecule has 0 amide bonds. The van der Waals surface area contributed by atoms with Crippen LogP contribution in [-0.2, 0) is 38.5 Å². The van der Waals surface area contributed by atoms with E-state index in [4.69, 9.17) is 60.7 Å². The van der Waals surface area contributed by atoms with Crippen LogP contribution in [0.3, 0.4) is 0 Å². The van der Waals surface area contributed by atoms with Crippen LogP contribution in [0.5, 0.6) is 69.0 Å². The first-order valence-corrected chi connectivity index (χ1v) is 28.5. The summed E-state index contributed by atoms with van der Waals surface area (Å²) in [6, 6.07) is 33.3. The van der Waals surface area contributed by atoms with E-state index < -0.39 is 24.6 Å². The van der Waals surface area contributed by atoms with E-state index in [2.05, 4.69) is 39.5 Å². The lowest BCUT2D eigenvalue weighted by atomic mass is 10.1. The zero-order valence-electron chi connectivity index (χ0n) is 44.9. The summed E-state index contributed by atoms with van der Waals surface area (Å²) in [6.07, 6.45) is 14.2. The molecule has 0 spiro atoms. The Morgan fingerprint density at radius 2 is 0.654 bits per heavy atom. The maximum Gasteiger partial charge on any atom is 0.447 e. The molecule has 0 aromatic heterocycles. The normalized spacial score (nSPS) is 14.7. The van der Waals surface area contributed by atoms with Gasteiger partial charge < -0.3 is 56.2 Å². The first-order valence-electron chi connectivity index (χ1n) is 24.6. The second-order valence-electron chi connectivity index (χ2n) is 17.0. The summed E-state index contributed by atoms with van der Waals surface area (Å²) in [5, 5.41) is 0. The van der Waals surface area contributed by atoms with E-state index >= 15 is 0 Å². The van der Waals surface area contributed by atoms with Gasteiger partial charge in [0.25, 0.3) is 0 Å². The number of ether oxygens (including phenoxy) is 6. The summed E-state index contributed by atoms with van der Waals surface area (Å²) in [4.78, 5) is 14.5. The summed E-state index contributed by atoms with van der Waals surface area (Å²) < 4.78 is 74.4. The van der Waals surface area contributed by atoms with E-state index in [1.54, 1.807) is 109 Å². The smallest absolute Gasteiger partial charge is 0.447 e. The van der Waals surface area contributed by atoms with Crippen molar-refractivity contribution in [2.45, 2.75) is 38.5 Å². The lowest BCUT2D eigenvalue weighted by molar-refractivity contribution is 0.0506. The maximum absolute atomic E-state index is 7.46. The molecule has 18 heteroatoms. The number of allylic oxidation sites excluding steroid dienone is 6. The molecule has 1 aliphatic rings. The second kappa shape index (κ2) is 28.1. The summed E-state index contributed by atoms with van der Waals surface area (Å²) in [7, 11) is -0.403. The van der Waals surface area contributed by atoms with Gasteiger partial charge in [-0.1, -0.05) is 72.9 Å². The van der Waals surface area contributed by atoms with E-state index in [-0.39, 0.29) is 28.7 Å². The van der Waals surface area contributed by atoms with Crippen LogP contribution in [0.25, 0.3) is 0 Å². The van der Waals surface area contributed by atoms with Gasteiger partial charge in [-0.05, 0) is 145 Å². The lowest BCUT2D eigenvalue weighted by Crippen LogP contribution is -2.37. The van der Waals surface area contributed by atoms with Crippen LogP contribution >= 0.6 is 24.6 Å². The molecule has 6 aromatic carbocycles. The standard InChI is InChI=1S/C60H66N3O12P3/c1-13-19-43-25-31-49(55(37-43)64-7)70-62-76(72-51-33-27-45(21-15-3)39-57(51)66-9)61-78(74-53-35-29-47(23-17-5)41-59(53)68-11,75-54-36-30-48(24-18-6)42-60(54)69-12)63(71-50-32-26-44(20-14-2)38-56(50)65-8)77(62)73-52-34-28-46(22-16-4)40-58(52)67-10/h13-18,25-42H,1-6,19-24H2,7-12H3. The minimum Gasteiger partial charge on any atom is -0.493 e. The summed E-state index contributed by atoms with van der Waals surface area (Å²) in [5.74, 6) is 3.74. The molecule has 6 aromatic rings. The van der Waals surface area contributed by atoms with Crippen molar-refractivity contribution in [2.24, 2.45) is 4.52 Å². The zero-order chi connectivity index (χ0) is 55.6. The highest BCUT2D eigenvalue weighted by atomic mass is 31.3. The van der Waals surface area contributed by atoms with Crippen molar-refractivity contribution in [3.63, 3.8) is 0 Å². The molecule has 2 unspecified atom stereocenters. The molecule has 0 bridgehead atoms. The minimum atomic E-state index is -4.46. The van der Waals surface area contributed by atoms with Crippen LogP contribution in [0.4, 0.5) is 0 Å². The van der Waals surface area contributed by atoms with Gasteiger partial charge in [0.15, 0.2) is 69.0 Å². The van der Waals surface area contributed by atoms with Crippen LogP contribution in [0.15, 0.2) is 190 Å². The van der Waals surface area contributed by atoms with Crippen LogP contribution in [0, 0.1) is 0 Å². The molecule has 7 rings (SSSR count). The summed E-state index contributed by atoms with van der Waals surface area (Å²) in [6.45, 7) is 23.7. The van der Waals surface area contributed by atoms with Crippen molar-refractivity contribution in [1.82, 2.24) is 9.21 Å². The fraction of sp³-hybridized carbons (Fsp3) is 0.200. The van der Waals surface area contributed by atoms with Crippen LogP contribution in [0.1, 0.15) is 33.4 Å². The van der Waals surface area contributed by atoms with Crippen LogP contribution in [-0.4, -0.2) is 51.9 Å². The third-order valence-electron chi connectivity index (χ3n) is 11.6. The Morgan fingerprint density at radius 3 is 0.987 bits per heavy atom. The van der Waals surface area contributed by atoms with Crippen molar-refractivity contribution in [1.29, 1.82) is 0 Å². The number of hydrogen-bond acceptors (Lipinski definition) is 15. The topological polar surface area (TPSA) is 130 Å². The molecule has 0 N–H and O–H groups in total. The molecule has 0 aliphatic carbocycles. The molecular weight excluding hydrogens is 1050 g/mol. The largest absolute Gasteiger partial charge is 0.493 e. The van der Waals surface area contributed by atoms with Gasteiger partial charge in [0.1, 0.15) is 0 Å². The molecule has 1 heterocycles. The Labute approximate surface area is 461 Å². The third kappa shape index (κ3) is 13.9. The van der Waals surface area contributed by atoms with Gasteiger partial charge in [-0.15, -0.1) is 44.0 Å². The molecule has 0 saturated carbocycles. The Balaban J connectivity index is 1.64. The molecule has 0 radical (unpaired) electrons. The van der Waals surface area contributed by atoms with Gasteiger partial charge in [0.05, 0.1) is 42.7 Å². The maximum atomic E-state index is 7.46. The highest BCUT2D eigenvalue weighted by Crippen LogP contribution is 2.79. The molecule has 78 heavy (non-hydrogen) atoms. The molecule has 0 saturated heterocycles.